The average Bonchev–Trinajstić information content (AvgIpc) is 2.62. The van der Waals surface area contributed by atoms with Crippen molar-refractivity contribution in [3.05, 3.63) is 77.9 Å². The van der Waals surface area contributed by atoms with Crippen LogP contribution in [0.15, 0.2) is 60.8 Å². The Kier molecular flexibility index (Phi) is 5.12. The first-order chi connectivity index (χ1) is 12.5. The van der Waals surface area contributed by atoms with Gasteiger partial charge in [0.25, 0.3) is 5.91 Å². The maximum Gasteiger partial charge on any atom is 0.274 e. The molecule has 2 aromatic carbocycles. The molecule has 1 heterocycles. The number of ether oxygens (including phenoxy) is 1. The third-order valence-electron chi connectivity index (χ3n) is 3.71. The monoisotopic (exact) mass is 351 g/mol. The van der Waals surface area contributed by atoms with Crippen LogP contribution in [-0.4, -0.2) is 18.0 Å². The first-order valence-electron chi connectivity index (χ1n) is 8.00. The van der Waals surface area contributed by atoms with E-state index in [0.29, 0.717) is 17.1 Å². The molecule has 26 heavy (non-hydrogen) atoms. The number of anilines is 3. The van der Waals surface area contributed by atoms with Crippen LogP contribution in [0.2, 0.25) is 0 Å². The molecule has 3 aromatic rings. The summed E-state index contributed by atoms with van der Waals surface area (Å²) >= 11 is 0. The molecule has 0 atom stereocenters. The predicted molar refractivity (Wildman–Crippen MR) is 99.6 cm³/mol. The Morgan fingerprint density at radius 2 is 1.92 bits per heavy atom. The number of nitrogens with one attached hydrogen (secondary N) is 2. The number of aryl methyl sites for hydroxylation is 1. The van der Waals surface area contributed by atoms with Gasteiger partial charge in [0, 0.05) is 17.6 Å². The maximum absolute atomic E-state index is 13.2. The maximum atomic E-state index is 13.2. The summed E-state index contributed by atoms with van der Waals surface area (Å²) in [6.07, 6.45) is 1.53. The number of benzene rings is 2. The minimum Gasteiger partial charge on any atom is -0.495 e. The fraction of sp³-hybridized carbons (Fsp3) is 0.100. The van der Waals surface area contributed by atoms with Crippen LogP contribution in [0.3, 0.4) is 0 Å². The van der Waals surface area contributed by atoms with Crippen molar-refractivity contribution in [3.8, 4) is 5.75 Å². The summed E-state index contributed by atoms with van der Waals surface area (Å²) in [7, 11) is 1.60. The molecule has 3 rings (SSSR count). The van der Waals surface area contributed by atoms with Gasteiger partial charge in [-0.3, -0.25) is 9.78 Å². The second-order valence-corrected chi connectivity index (χ2v) is 5.72. The predicted octanol–water partition coefficient (Wildman–Crippen LogP) is 4.53. The Labute approximate surface area is 150 Å². The van der Waals surface area contributed by atoms with E-state index in [1.54, 1.807) is 25.3 Å². The van der Waals surface area contributed by atoms with Gasteiger partial charge in [-0.25, -0.2) is 4.39 Å². The molecule has 0 radical (unpaired) electrons. The lowest BCUT2D eigenvalue weighted by Crippen LogP contribution is -2.14. The third kappa shape index (κ3) is 4.16. The van der Waals surface area contributed by atoms with Gasteiger partial charge in [0.2, 0.25) is 0 Å². The van der Waals surface area contributed by atoms with Gasteiger partial charge in [-0.15, -0.1) is 0 Å². The molecule has 0 saturated carbocycles. The van der Waals surface area contributed by atoms with Crippen LogP contribution in [0.25, 0.3) is 0 Å². The van der Waals surface area contributed by atoms with E-state index in [9.17, 15) is 9.18 Å². The van der Waals surface area contributed by atoms with E-state index in [1.807, 2.05) is 25.1 Å². The molecule has 2 N–H and O–H groups in total. The normalized spacial score (nSPS) is 10.3. The SMILES string of the molecule is COc1ccc(C)cc1Nc1ccnc(C(=O)Nc2cccc(F)c2)c1. The summed E-state index contributed by atoms with van der Waals surface area (Å²) < 4.78 is 18.6. The lowest BCUT2D eigenvalue weighted by Gasteiger charge is -2.12. The molecule has 0 bridgehead atoms. The van der Waals surface area contributed by atoms with Gasteiger partial charge in [0.15, 0.2) is 0 Å². The van der Waals surface area contributed by atoms with Gasteiger partial charge >= 0.3 is 0 Å². The van der Waals surface area contributed by atoms with Crippen molar-refractivity contribution >= 4 is 23.0 Å². The highest BCUT2D eigenvalue weighted by Gasteiger charge is 2.10. The first kappa shape index (κ1) is 17.4. The van der Waals surface area contributed by atoms with Crippen molar-refractivity contribution in [3.63, 3.8) is 0 Å². The third-order valence-corrected chi connectivity index (χ3v) is 3.71. The fourth-order valence-electron chi connectivity index (χ4n) is 2.47. The van der Waals surface area contributed by atoms with Crippen molar-refractivity contribution in [2.24, 2.45) is 0 Å². The van der Waals surface area contributed by atoms with E-state index in [2.05, 4.69) is 15.6 Å². The minimum atomic E-state index is -0.421. The number of halogens is 1. The molecule has 1 amide bonds. The number of amides is 1. The molecule has 0 aliphatic rings. The molecule has 5 nitrogen and oxygen atoms in total. The standard InChI is InChI=1S/C20H18FN3O2/c1-13-6-7-19(26-2)17(10-13)23-16-8-9-22-18(12-16)20(25)24-15-5-3-4-14(21)11-15/h3-12H,1-2H3,(H,22,23)(H,24,25). The largest absolute Gasteiger partial charge is 0.495 e. The Balaban J connectivity index is 1.80. The minimum absolute atomic E-state index is 0.214. The molecule has 132 valence electrons. The summed E-state index contributed by atoms with van der Waals surface area (Å²) in [5.41, 5.74) is 3.14. The fourth-order valence-corrected chi connectivity index (χ4v) is 2.47. The van der Waals surface area contributed by atoms with Crippen molar-refractivity contribution < 1.29 is 13.9 Å². The topological polar surface area (TPSA) is 63.2 Å². The highest BCUT2D eigenvalue weighted by Crippen LogP contribution is 2.28. The number of carbonyl (C=O) groups is 1. The second kappa shape index (κ2) is 7.65. The molecule has 0 saturated heterocycles. The van der Waals surface area contributed by atoms with Gasteiger partial charge in [-0.05, 0) is 55.0 Å². The zero-order valence-corrected chi connectivity index (χ0v) is 14.4. The number of nitrogens with zero attached hydrogens (tertiary/aromatic N) is 1. The highest BCUT2D eigenvalue weighted by atomic mass is 19.1. The molecule has 6 heteroatoms. The van der Waals surface area contributed by atoms with Crippen LogP contribution in [0.5, 0.6) is 5.75 Å². The van der Waals surface area contributed by atoms with Crippen molar-refractivity contribution in [2.45, 2.75) is 6.92 Å². The van der Waals surface area contributed by atoms with E-state index < -0.39 is 11.7 Å². The van der Waals surface area contributed by atoms with Crippen molar-refractivity contribution in [2.75, 3.05) is 17.7 Å². The van der Waals surface area contributed by atoms with Crippen LogP contribution in [0.1, 0.15) is 16.1 Å². The lowest BCUT2D eigenvalue weighted by molar-refractivity contribution is 0.102. The molecular weight excluding hydrogens is 333 g/mol. The van der Waals surface area contributed by atoms with E-state index in [-0.39, 0.29) is 5.69 Å². The van der Waals surface area contributed by atoms with E-state index in [1.165, 1.54) is 24.4 Å². The van der Waals surface area contributed by atoms with E-state index in [0.717, 1.165) is 11.3 Å². The van der Waals surface area contributed by atoms with Gasteiger partial charge < -0.3 is 15.4 Å². The highest BCUT2D eigenvalue weighted by molar-refractivity contribution is 6.03. The lowest BCUT2D eigenvalue weighted by atomic mass is 10.2. The number of hydrogen-bond acceptors (Lipinski definition) is 4. The van der Waals surface area contributed by atoms with E-state index >= 15 is 0 Å². The Hall–Kier alpha value is -3.41. The summed E-state index contributed by atoms with van der Waals surface area (Å²) in [4.78, 5) is 16.4. The van der Waals surface area contributed by atoms with Crippen LogP contribution in [0, 0.1) is 12.7 Å². The molecule has 1 aromatic heterocycles. The summed E-state index contributed by atoms with van der Waals surface area (Å²) in [6, 6.07) is 14.8. The molecule has 0 spiro atoms. The zero-order valence-electron chi connectivity index (χ0n) is 14.4. The molecule has 0 aliphatic carbocycles. The van der Waals surface area contributed by atoms with Crippen molar-refractivity contribution in [1.82, 2.24) is 4.98 Å². The number of hydrogen-bond donors (Lipinski definition) is 2. The van der Waals surface area contributed by atoms with Crippen LogP contribution >= 0.6 is 0 Å². The molecule has 0 fully saturated rings. The smallest absolute Gasteiger partial charge is 0.274 e. The number of carbonyl (C=O) groups excluding carboxylic acids is 1. The Bertz CT molecular complexity index is 944. The second-order valence-electron chi connectivity index (χ2n) is 5.72. The van der Waals surface area contributed by atoms with Gasteiger partial charge in [-0.1, -0.05) is 12.1 Å². The van der Waals surface area contributed by atoms with Crippen molar-refractivity contribution in [1.29, 1.82) is 0 Å². The van der Waals surface area contributed by atoms with Crippen LogP contribution in [-0.2, 0) is 0 Å². The first-order valence-corrected chi connectivity index (χ1v) is 8.00. The molecule has 0 aliphatic heterocycles. The average molecular weight is 351 g/mol. The summed E-state index contributed by atoms with van der Waals surface area (Å²) in [5.74, 6) is -0.147. The quantitative estimate of drug-likeness (QED) is 0.709. The van der Waals surface area contributed by atoms with Gasteiger partial charge in [-0.2, -0.15) is 0 Å². The van der Waals surface area contributed by atoms with Gasteiger partial charge in [0.1, 0.15) is 17.3 Å². The van der Waals surface area contributed by atoms with Crippen LogP contribution in [0.4, 0.5) is 21.5 Å². The van der Waals surface area contributed by atoms with E-state index in [4.69, 9.17) is 4.74 Å². The number of aromatic nitrogens is 1. The Morgan fingerprint density at radius 1 is 1.08 bits per heavy atom. The number of pyridine rings is 1. The number of rotatable bonds is 5. The molecular formula is C20H18FN3O2. The Morgan fingerprint density at radius 3 is 2.69 bits per heavy atom. The summed E-state index contributed by atoms with van der Waals surface area (Å²) in [5, 5.41) is 5.86. The number of methoxy groups -OCH3 is 1. The zero-order chi connectivity index (χ0) is 18.5. The molecule has 0 unspecified atom stereocenters. The summed E-state index contributed by atoms with van der Waals surface area (Å²) in [6.45, 7) is 1.98. The van der Waals surface area contributed by atoms with Crippen LogP contribution < -0.4 is 15.4 Å². The van der Waals surface area contributed by atoms with Gasteiger partial charge in [0.05, 0.1) is 12.8 Å².